The summed E-state index contributed by atoms with van der Waals surface area (Å²) in [6.45, 7) is 1.88. The van der Waals surface area contributed by atoms with Crippen molar-refractivity contribution in [3.8, 4) is 11.8 Å². The average molecular weight is 304 g/mol. The van der Waals surface area contributed by atoms with Crippen LogP contribution in [0.1, 0.15) is 23.6 Å². The van der Waals surface area contributed by atoms with Gasteiger partial charge in [0.25, 0.3) is 0 Å². The van der Waals surface area contributed by atoms with E-state index in [1.54, 1.807) is 0 Å². The maximum absolute atomic E-state index is 3.15. The van der Waals surface area contributed by atoms with Crippen molar-refractivity contribution in [2.75, 3.05) is 0 Å². The second kappa shape index (κ2) is 4.98. The molecule has 0 nitrogen and oxygen atoms in total. The van der Waals surface area contributed by atoms with Gasteiger partial charge in [-0.25, -0.2) is 0 Å². The summed E-state index contributed by atoms with van der Waals surface area (Å²) < 4.78 is 0. The molecule has 0 saturated heterocycles. The molecule has 0 amide bonds. The first-order chi connectivity index (χ1) is 11.8. The zero-order valence-corrected chi connectivity index (χ0v) is 13.6. The summed E-state index contributed by atoms with van der Waals surface area (Å²) in [5.41, 5.74) is 3.90. The molecule has 0 atom stereocenters. The Labute approximate surface area is 141 Å². The zero-order valence-electron chi connectivity index (χ0n) is 13.6. The molecule has 4 aromatic rings. The van der Waals surface area contributed by atoms with Crippen LogP contribution < -0.4 is 0 Å². The minimum Gasteiger partial charge on any atom is -0.101 e. The van der Waals surface area contributed by atoms with Crippen molar-refractivity contribution >= 4 is 38.4 Å². The third-order valence-electron chi connectivity index (χ3n) is 5.00. The van der Waals surface area contributed by atoms with Crippen LogP contribution in [-0.4, -0.2) is 0 Å². The quantitative estimate of drug-likeness (QED) is 0.209. The molecule has 0 radical (unpaired) electrons. The van der Waals surface area contributed by atoms with E-state index < -0.39 is 0 Å². The number of hydrogen-bond donors (Lipinski definition) is 0. The lowest BCUT2D eigenvalue weighted by Crippen LogP contribution is -1.86. The van der Waals surface area contributed by atoms with E-state index >= 15 is 0 Å². The third-order valence-corrected chi connectivity index (χ3v) is 5.00. The first-order valence-electron chi connectivity index (χ1n) is 8.35. The molecule has 0 aromatic heterocycles. The van der Waals surface area contributed by atoms with Gasteiger partial charge in [-0.1, -0.05) is 48.4 Å². The van der Waals surface area contributed by atoms with Gasteiger partial charge in [0.2, 0.25) is 0 Å². The predicted molar refractivity (Wildman–Crippen MR) is 104 cm³/mol. The van der Waals surface area contributed by atoms with Crippen molar-refractivity contribution in [1.29, 1.82) is 0 Å². The van der Waals surface area contributed by atoms with Gasteiger partial charge in [-0.05, 0) is 81.1 Å². The van der Waals surface area contributed by atoms with E-state index in [0.717, 1.165) is 12.0 Å². The topological polar surface area (TPSA) is 0 Å². The van der Waals surface area contributed by atoms with Crippen molar-refractivity contribution in [2.45, 2.75) is 13.3 Å². The highest BCUT2D eigenvalue weighted by Crippen LogP contribution is 2.34. The van der Waals surface area contributed by atoms with Crippen LogP contribution in [-0.2, 0) is 6.42 Å². The molecule has 0 fully saturated rings. The van der Waals surface area contributed by atoms with Crippen molar-refractivity contribution in [2.24, 2.45) is 0 Å². The fourth-order valence-electron chi connectivity index (χ4n) is 3.86. The van der Waals surface area contributed by atoms with Gasteiger partial charge in [0.1, 0.15) is 0 Å². The second-order valence-corrected chi connectivity index (χ2v) is 6.42. The van der Waals surface area contributed by atoms with Gasteiger partial charge in [0, 0.05) is 5.56 Å². The van der Waals surface area contributed by atoms with Crippen molar-refractivity contribution in [3.63, 3.8) is 0 Å². The lowest BCUT2D eigenvalue weighted by molar-refractivity contribution is 1.32. The Bertz CT molecular complexity index is 1230. The SMILES string of the molecule is CC#Cc1ccc2cc3c(ccc4c5c(ccc43)CC=C5)cc2c1. The van der Waals surface area contributed by atoms with E-state index in [1.165, 1.54) is 43.4 Å². The van der Waals surface area contributed by atoms with Crippen LogP contribution in [0.2, 0.25) is 0 Å². The molecule has 5 rings (SSSR count). The van der Waals surface area contributed by atoms with E-state index in [2.05, 4.69) is 78.6 Å². The second-order valence-electron chi connectivity index (χ2n) is 6.42. The molecule has 24 heavy (non-hydrogen) atoms. The van der Waals surface area contributed by atoms with Crippen molar-refractivity contribution in [3.05, 3.63) is 77.4 Å². The Morgan fingerprint density at radius 1 is 0.750 bits per heavy atom. The molecule has 0 bridgehead atoms. The van der Waals surface area contributed by atoms with Crippen LogP contribution in [0, 0.1) is 11.8 Å². The molecule has 4 aromatic carbocycles. The molecular formula is C24H16. The lowest BCUT2D eigenvalue weighted by Gasteiger charge is -2.10. The molecule has 1 aliphatic carbocycles. The molecule has 0 N–H and O–H groups in total. The molecule has 0 heterocycles. The van der Waals surface area contributed by atoms with Crippen LogP contribution >= 0.6 is 0 Å². The maximum atomic E-state index is 3.15. The Morgan fingerprint density at radius 3 is 2.54 bits per heavy atom. The van der Waals surface area contributed by atoms with Crippen LogP contribution in [0.4, 0.5) is 0 Å². The molecule has 112 valence electrons. The number of hydrogen-bond acceptors (Lipinski definition) is 0. The van der Waals surface area contributed by atoms with Gasteiger partial charge >= 0.3 is 0 Å². The summed E-state index contributed by atoms with van der Waals surface area (Å²) in [6, 6.07) is 20.2. The summed E-state index contributed by atoms with van der Waals surface area (Å²) >= 11 is 0. The minimum absolute atomic E-state index is 1.06. The summed E-state index contributed by atoms with van der Waals surface area (Å²) in [5, 5.41) is 7.85. The van der Waals surface area contributed by atoms with Gasteiger partial charge in [-0.2, -0.15) is 0 Å². The first kappa shape index (κ1) is 13.4. The smallest absolute Gasteiger partial charge is 0.0251 e. The normalized spacial score (nSPS) is 12.5. The van der Waals surface area contributed by atoms with Gasteiger partial charge in [0.05, 0.1) is 0 Å². The third kappa shape index (κ3) is 1.88. The van der Waals surface area contributed by atoms with Crippen LogP contribution in [0.3, 0.4) is 0 Å². The fourth-order valence-corrected chi connectivity index (χ4v) is 3.86. The average Bonchev–Trinajstić information content (AvgIpc) is 3.09. The van der Waals surface area contributed by atoms with E-state index in [0.29, 0.717) is 0 Å². The van der Waals surface area contributed by atoms with E-state index in [-0.39, 0.29) is 0 Å². The molecule has 1 aliphatic rings. The van der Waals surface area contributed by atoms with E-state index in [1.807, 2.05) is 6.92 Å². The summed E-state index contributed by atoms with van der Waals surface area (Å²) in [5.74, 6) is 6.13. The van der Waals surface area contributed by atoms with Crippen LogP contribution in [0.5, 0.6) is 0 Å². The lowest BCUT2D eigenvalue weighted by atomic mass is 9.94. The highest BCUT2D eigenvalue weighted by atomic mass is 14.1. The van der Waals surface area contributed by atoms with Crippen LogP contribution in [0.25, 0.3) is 38.4 Å². The number of rotatable bonds is 0. The highest BCUT2D eigenvalue weighted by molar-refractivity contribution is 6.14. The molecule has 0 spiro atoms. The summed E-state index contributed by atoms with van der Waals surface area (Å²) in [7, 11) is 0. The monoisotopic (exact) mass is 304 g/mol. The standard InChI is InChI=1S/C24H16/c1-2-4-16-7-8-18-15-24-19(14-20(18)13-16)10-12-22-21-6-3-5-17(21)9-11-23(22)24/h3,6-15H,5H2,1H3. The van der Waals surface area contributed by atoms with Crippen molar-refractivity contribution in [1.82, 2.24) is 0 Å². The van der Waals surface area contributed by atoms with Gasteiger partial charge < -0.3 is 0 Å². The number of benzene rings is 4. The number of fused-ring (bicyclic) bond motifs is 6. The Balaban J connectivity index is 1.87. The summed E-state index contributed by atoms with van der Waals surface area (Å²) in [6.07, 6.45) is 5.58. The molecule has 0 unspecified atom stereocenters. The van der Waals surface area contributed by atoms with Gasteiger partial charge in [-0.15, -0.1) is 5.92 Å². The molecule has 0 saturated carbocycles. The van der Waals surface area contributed by atoms with E-state index in [9.17, 15) is 0 Å². The molecule has 0 heteroatoms. The number of allylic oxidation sites excluding steroid dienone is 1. The Morgan fingerprint density at radius 2 is 1.62 bits per heavy atom. The maximum Gasteiger partial charge on any atom is 0.0251 e. The first-order valence-corrected chi connectivity index (χ1v) is 8.35. The van der Waals surface area contributed by atoms with Crippen molar-refractivity contribution < 1.29 is 0 Å². The Kier molecular flexibility index (Phi) is 2.78. The van der Waals surface area contributed by atoms with E-state index in [4.69, 9.17) is 0 Å². The van der Waals surface area contributed by atoms with Crippen LogP contribution in [0.15, 0.2) is 60.7 Å². The molecular weight excluding hydrogens is 288 g/mol. The zero-order chi connectivity index (χ0) is 16.1. The molecule has 0 aliphatic heterocycles. The van der Waals surface area contributed by atoms with Gasteiger partial charge in [0.15, 0.2) is 0 Å². The largest absolute Gasteiger partial charge is 0.101 e. The predicted octanol–water partition coefficient (Wildman–Crippen LogP) is 6.09. The fraction of sp³-hybridized carbons (Fsp3) is 0.0833. The minimum atomic E-state index is 1.06. The summed E-state index contributed by atoms with van der Waals surface area (Å²) in [4.78, 5) is 0. The Hall–Kier alpha value is -3.04. The van der Waals surface area contributed by atoms with Gasteiger partial charge in [-0.3, -0.25) is 0 Å². The highest BCUT2D eigenvalue weighted by Gasteiger charge is 2.11.